The van der Waals surface area contributed by atoms with E-state index in [1.807, 2.05) is 0 Å². The maximum atomic E-state index is 12.3. The van der Waals surface area contributed by atoms with Gasteiger partial charge >= 0.3 is 0 Å². The highest BCUT2D eigenvalue weighted by Gasteiger charge is 2.19. The van der Waals surface area contributed by atoms with E-state index in [1.165, 1.54) is 25.1 Å². The molecule has 0 aliphatic rings. The Labute approximate surface area is 139 Å². The van der Waals surface area contributed by atoms with Crippen molar-refractivity contribution in [3.8, 4) is 11.5 Å². The third-order valence-corrected chi connectivity index (χ3v) is 4.23. The van der Waals surface area contributed by atoms with Gasteiger partial charge in [0.15, 0.2) is 17.7 Å². The fourth-order valence-electron chi connectivity index (χ4n) is 1.90. The molecule has 1 heterocycles. The van der Waals surface area contributed by atoms with Crippen LogP contribution in [0.15, 0.2) is 47.6 Å². The average molecular weight is 334 g/mol. The summed E-state index contributed by atoms with van der Waals surface area (Å²) in [5.41, 5.74) is 0.600. The van der Waals surface area contributed by atoms with Crippen LogP contribution in [0.3, 0.4) is 0 Å². The van der Waals surface area contributed by atoms with Crippen LogP contribution in [0.4, 0.5) is 5.69 Å². The minimum Gasteiger partial charge on any atom is -0.618 e. The number of aromatic nitrogens is 1. The molecule has 1 N–H and O–H groups in total. The second kappa shape index (κ2) is 7.73. The van der Waals surface area contributed by atoms with E-state index in [0.29, 0.717) is 22.2 Å². The molecule has 0 saturated heterocycles. The molecule has 6 nitrogen and oxygen atoms in total. The Kier molecular flexibility index (Phi) is 5.70. The predicted octanol–water partition coefficient (Wildman–Crippen LogP) is 2.46. The quantitative estimate of drug-likeness (QED) is 0.499. The summed E-state index contributed by atoms with van der Waals surface area (Å²) in [7, 11) is 3.08. The second-order valence-electron chi connectivity index (χ2n) is 4.68. The lowest BCUT2D eigenvalue weighted by Gasteiger charge is -2.13. The Morgan fingerprint density at radius 3 is 2.61 bits per heavy atom. The van der Waals surface area contributed by atoms with E-state index in [9.17, 15) is 10.0 Å². The van der Waals surface area contributed by atoms with Crippen LogP contribution in [-0.4, -0.2) is 25.4 Å². The number of carbonyl (C=O) groups is 1. The van der Waals surface area contributed by atoms with E-state index in [0.717, 1.165) is 4.73 Å². The smallest absolute Gasteiger partial charge is 0.252 e. The van der Waals surface area contributed by atoms with Gasteiger partial charge in [-0.05, 0) is 36.9 Å². The topological polar surface area (TPSA) is 74.5 Å². The fraction of sp³-hybridized carbons (Fsp3) is 0.250. The molecule has 122 valence electrons. The first-order chi connectivity index (χ1) is 11.0. The van der Waals surface area contributed by atoms with Crippen molar-refractivity contribution < 1.29 is 19.0 Å². The maximum Gasteiger partial charge on any atom is 0.252 e. The predicted molar refractivity (Wildman–Crippen MR) is 88.9 cm³/mol. The first-order valence-corrected chi connectivity index (χ1v) is 7.81. The number of thioether (sulfide) groups is 1. The van der Waals surface area contributed by atoms with Gasteiger partial charge in [-0.2, -0.15) is 4.73 Å². The van der Waals surface area contributed by atoms with Crippen LogP contribution in [0.2, 0.25) is 0 Å². The van der Waals surface area contributed by atoms with Gasteiger partial charge in [-0.25, -0.2) is 0 Å². The number of hydrogen-bond acceptors (Lipinski definition) is 5. The average Bonchev–Trinajstić information content (AvgIpc) is 2.56. The van der Waals surface area contributed by atoms with Gasteiger partial charge in [0, 0.05) is 23.9 Å². The zero-order valence-electron chi connectivity index (χ0n) is 13.1. The standard InChI is InChI=1S/C16H18N2O4S/c1-11(23-15-6-4-5-9-18(15)20)16(19)17-12-7-8-13(21-2)14(10-12)22-3/h4-11H,1-3H3,(H,17,19)/t11-/m1/s1. The minimum atomic E-state index is -0.425. The first kappa shape index (κ1) is 17.0. The van der Waals surface area contributed by atoms with Crippen LogP contribution in [0, 0.1) is 5.21 Å². The van der Waals surface area contributed by atoms with Gasteiger partial charge in [-0.15, -0.1) is 0 Å². The number of nitrogens with zero attached hydrogens (tertiary/aromatic N) is 1. The van der Waals surface area contributed by atoms with Crippen molar-refractivity contribution in [2.75, 3.05) is 19.5 Å². The molecule has 2 aromatic rings. The maximum absolute atomic E-state index is 12.3. The SMILES string of the molecule is COc1ccc(NC(=O)[C@@H](C)Sc2cccc[n+]2[O-])cc1OC. The highest BCUT2D eigenvalue weighted by molar-refractivity contribution is 8.00. The van der Waals surface area contributed by atoms with Crippen LogP contribution in [-0.2, 0) is 4.79 Å². The van der Waals surface area contributed by atoms with E-state index in [-0.39, 0.29) is 5.91 Å². The van der Waals surface area contributed by atoms with Crippen molar-refractivity contribution in [2.45, 2.75) is 17.2 Å². The van der Waals surface area contributed by atoms with Crippen LogP contribution in [0.1, 0.15) is 6.92 Å². The molecule has 0 aliphatic carbocycles. The lowest BCUT2D eigenvalue weighted by Crippen LogP contribution is -2.30. The molecule has 0 spiro atoms. The number of hydrogen-bond donors (Lipinski definition) is 1. The number of carbonyl (C=O) groups excluding carboxylic acids is 1. The van der Waals surface area contributed by atoms with E-state index < -0.39 is 5.25 Å². The number of pyridine rings is 1. The summed E-state index contributed by atoms with van der Waals surface area (Å²) < 4.78 is 11.1. The molecule has 1 aromatic carbocycles. The molecular weight excluding hydrogens is 316 g/mol. The van der Waals surface area contributed by atoms with Crippen molar-refractivity contribution in [3.05, 3.63) is 47.8 Å². The number of benzene rings is 1. The molecule has 0 unspecified atom stereocenters. The molecule has 2 rings (SSSR count). The number of rotatable bonds is 6. The zero-order chi connectivity index (χ0) is 16.8. The molecular formula is C16H18N2O4S. The Morgan fingerprint density at radius 2 is 1.96 bits per heavy atom. The number of ether oxygens (including phenoxy) is 2. The molecule has 1 aromatic heterocycles. The second-order valence-corrected chi connectivity index (χ2v) is 6.04. The number of methoxy groups -OCH3 is 2. The number of nitrogens with one attached hydrogen (secondary N) is 1. The first-order valence-electron chi connectivity index (χ1n) is 6.93. The molecule has 0 fully saturated rings. The Hall–Kier alpha value is -2.41. The molecule has 1 amide bonds. The Morgan fingerprint density at radius 1 is 1.22 bits per heavy atom. The summed E-state index contributed by atoms with van der Waals surface area (Å²) in [5.74, 6) is 0.918. The third-order valence-electron chi connectivity index (χ3n) is 3.11. The van der Waals surface area contributed by atoms with Crippen molar-refractivity contribution in [2.24, 2.45) is 0 Å². The third kappa shape index (κ3) is 4.29. The van der Waals surface area contributed by atoms with Gasteiger partial charge < -0.3 is 20.0 Å². The van der Waals surface area contributed by atoms with Gasteiger partial charge in [0.05, 0.1) is 19.5 Å². The van der Waals surface area contributed by atoms with E-state index in [4.69, 9.17) is 9.47 Å². The summed E-state index contributed by atoms with van der Waals surface area (Å²) in [6.07, 6.45) is 1.40. The molecule has 23 heavy (non-hydrogen) atoms. The summed E-state index contributed by atoms with van der Waals surface area (Å²) in [5, 5.41) is 14.5. The number of amides is 1. The van der Waals surface area contributed by atoms with Crippen LogP contribution in [0.5, 0.6) is 11.5 Å². The van der Waals surface area contributed by atoms with Crippen LogP contribution >= 0.6 is 11.8 Å². The largest absolute Gasteiger partial charge is 0.618 e. The highest BCUT2D eigenvalue weighted by Crippen LogP contribution is 2.30. The molecule has 7 heteroatoms. The molecule has 0 saturated carbocycles. The van der Waals surface area contributed by atoms with Gasteiger partial charge in [-0.3, -0.25) is 4.79 Å². The van der Waals surface area contributed by atoms with Crippen molar-refractivity contribution in [3.63, 3.8) is 0 Å². The summed E-state index contributed by atoms with van der Waals surface area (Å²) in [4.78, 5) is 12.3. The Balaban J connectivity index is 2.05. The normalized spacial score (nSPS) is 11.6. The molecule has 1 atom stereocenters. The number of anilines is 1. The fourth-order valence-corrected chi connectivity index (χ4v) is 2.75. The molecule has 0 radical (unpaired) electrons. The molecule has 0 bridgehead atoms. The minimum absolute atomic E-state index is 0.203. The van der Waals surface area contributed by atoms with Gasteiger partial charge in [0.2, 0.25) is 5.91 Å². The summed E-state index contributed by atoms with van der Waals surface area (Å²) in [6.45, 7) is 1.74. The highest BCUT2D eigenvalue weighted by atomic mass is 32.2. The molecule has 0 aliphatic heterocycles. The van der Waals surface area contributed by atoms with Gasteiger partial charge in [0.1, 0.15) is 0 Å². The van der Waals surface area contributed by atoms with Crippen molar-refractivity contribution in [1.82, 2.24) is 0 Å². The van der Waals surface area contributed by atoms with Crippen LogP contribution < -0.4 is 19.5 Å². The zero-order valence-corrected chi connectivity index (χ0v) is 13.9. The summed E-state index contributed by atoms with van der Waals surface area (Å²) >= 11 is 1.20. The van der Waals surface area contributed by atoms with E-state index >= 15 is 0 Å². The summed E-state index contributed by atoms with van der Waals surface area (Å²) in [6, 6.07) is 10.2. The van der Waals surface area contributed by atoms with E-state index in [2.05, 4.69) is 5.32 Å². The van der Waals surface area contributed by atoms with E-state index in [1.54, 1.807) is 50.4 Å². The lowest BCUT2D eigenvalue weighted by molar-refractivity contribution is -0.645. The van der Waals surface area contributed by atoms with Crippen molar-refractivity contribution >= 4 is 23.4 Å². The monoisotopic (exact) mass is 334 g/mol. The van der Waals surface area contributed by atoms with Crippen LogP contribution in [0.25, 0.3) is 0 Å². The lowest BCUT2D eigenvalue weighted by atomic mass is 10.2. The van der Waals surface area contributed by atoms with Gasteiger partial charge in [-0.1, -0.05) is 0 Å². The Bertz CT molecular complexity index is 694. The van der Waals surface area contributed by atoms with Crippen molar-refractivity contribution in [1.29, 1.82) is 0 Å². The van der Waals surface area contributed by atoms with Gasteiger partial charge in [0.25, 0.3) is 5.03 Å².